The molecule has 0 saturated carbocycles. The third-order valence-corrected chi connectivity index (χ3v) is 4.43. The molecule has 0 saturated heterocycles. The van der Waals surface area contributed by atoms with E-state index in [-0.39, 0.29) is 0 Å². The summed E-state index contributed by atoms with van der Waals surface area (Å²) in [4.78, 5) is 0. The van der Waals surface area contributed by atoms with Gasteiger partial charge in [0.25, 0.3) is 0 Å². The van der Waals surface area contributed by atoms with Crippen LogP contribution in [0.15, 0.2) is 47.6 Å². The van der Waals surface area contributed by atoms with Crippen molar-refractivity contribution in [2.45, 2.75) is 20.4 Å². The van der Waals surface area contributed by atoms with Gasteiger partial charge in [0, 0.05) is 28.7 Å². The fourth-order valence-electron chi connectivity index (χ4n) is 2.94. The first-order chi connectivity index (χ1) is 11.7. The molecular weight excluding hydrogens is 322 g/mol. The van der Waals surface area contributed by atoms with Crippen LogP contribution in [0.2, 0.25) is 5.02 Å². The summed E-state index contributed by atoms with van der Waals surface area (Å²) in [5, 5.41) is 6.14. The standard InChI is InChI=1S/C19H20ClN3O/c1-4-23-13(2)16(15-7-5-6-8-18(15)23)12-21-22-14-9-10-19(24-3)17(20)11-14/h5-12,22H,4H2,1-3H3/b21-12+. The number of rotatable bonds is 5. The number of hydrazone groups is 1. The summed E-state index contributed by atoms with van der Waals surface area (Å²) in [6.07, 6.45) is 1.86. The van der Waals surface area contributed by atoms with Crippen LogP contribution in [0.3, 0.4) is 0 Å². The number of halogens is 1. The molecule has 3 aromatic rings. The van der Waals surface area contributed by atoms with E-state index in [1.54, 1.807) is 13.2 Å². The number of fused-ring (bicyclic) bond motifs is 1. The number of anilines is 1. The number of nitrogens with one attached hydrogen (secondary N) is 1. The Morgan fingerprint density at radius 1 is 1.25 bits per heavy atom. The van der Waals surface area contributed by atoms with Crippen molar-refractivity contribution in [1.82, 2.24) is 4.57 Å². The molecule has 0 aliphatic carbocycles. The van der Waals surface area contributed by atoms with Crippen molar-refractivity contribution in [1.29, 1.82) is 0 Å². The highest BCUT2D eigenvalue weighted by Crippen LogP contribution is 2.27. The van der Waals surface area contributed by atoms with Crippen LogP contribution < -0.4 is 10.2 Å². The Bertz CT molecular complexity index is 899. The van der Waals surface area contributed by atoms with Gasteiger partial charge < -0.3 is 9.30 Å². The van der Waals surface area contributed by atoms with Crippen molar-refractivity contribution in [3.05, 3.63) is 58.7 Å². The fraction of sp³-hybridized carbons (Fsp3) is 0.211. The first-order valence-electron chi connectivity index (χ1n) is 7.86. The average Bonchev–Trinajstić information content (AvgIpc) is 2.86. The van der Waals surface area contributed by atoms with Crippen molar-refractivity contribution in [2.75, 3.05) is 12.5 Å². The highest BCUT2D eigenvalue weighted by atomic mass is 35.5. The summed E-state index contributed by atoms with van der Waals surface area (Å²) in [5.74, 6) is 0.646. The van der Waals surface area contributed by atoms with E-state index < -0.39 is 0 Å². The smallest absolute Gasteiger partial charge is 0.137 e. The molecule has 0 fully saturated rings. The molecule has 1 aromatic heterocycles. The van der Waals surface area contributed by atoms with Crippen molar-refractivity contribution in [3.63, 3.8) is 0 Å². The number of methoxy groups -OCH3 is 1. The highest BCUT2D eigenvalue weighted by molar-refractivity contribution is 6.32. The predicted molar refractivity (Wildman–Crippen MR) is 102 cm³/mol. The lowest BCUT2D eigenvalue weighted by Gasteiger charge is -2.05. The maximum atomic E-state index is 6.13. The molecule has 0 unspecified atom stereocenters. The molecule has 3 rings (SSSR count). The number of nitrogens with zero attached hydrogens (tertiary/aromatic N) is 2. The predicted octanol–water partition coefficient (Wildman–Crippen LogP) is 5.08. The molecule has 0 spiro atoms. The number of benzene rings is 2. The number of hydrogen-bond donors (Lipinski definition) is 1. The molecule has 2 aromatic carbocycles. The average molecular weight is 342 g/mol. The molecule has 1 N–H and O–H groups in total. The second-order valence-electron chi connectivity index (χ2n) is 5.48. The van der Waals surface area contributed by atoms with Crippen LogP contribution in [0.4, 0.5) is 5.69 Å². The summed E-state index contributed by atoms with van der Waals surface area (Å²) in [6, 6.07) is 13.9. The summed E-state index contributed by atoms with van der Waals surface area (Å²) < 4.78 is 7.44. The van der Waals surface area contributed by atoms with Crippen molar-refractivity contribution in [2.24, 2.45) is 5.10 Å². The van der Waals surface area contributed by atoms with Crippen molar-refractivity contribution in [3.8, 4) is 5.75 Å². The van der Waals surface area contributed by atoms with Gasteiger partial charge in [-0.3, -0.25) is 5.43 Å². The molecule has 0 amide bonds. The minimum absolute atomic E-state index is 0.552. The number of aryl methyl sites for hydroxylation is 1. The van der Waals surface area contributed by atoms with Crippen molar-refractivity contribution >= 4 is 34.4 Å². The summed E-state index contributed by atoms with van der Waals surface area (Å²) >= 11 is 6.13. The topological polar surface area (TPSA) is 38.5 Å². The lowest BCUT2D eigenvalue weighted by Crippen LogP contribution is -1.97. The number of para-hydroxylation sites is 1. The fourth-order valence-corrected chi connectivity index (χ4v) is 3.19. The van der Waals surface area contributed by atoms with Gasteiger partial charge in [0.2, 0.25) is 0 Å². The van der Waals surface area contributed by atoms with Crippen LogP contribution in [0.25, 0.3) is 10.9 Å². The SMILES string of the molecule is CCn1c(C)c(/C=N/Nc2ccc(OC)c(Cl)c2)c2ccccc21. The summed E-state index contributed by atoms with van der Waals surface area (Å²) in [7, 11) is 1.60. The molecular formula is C19H20ClN3O. The maximum Gasteiger partial charge on any atom is 0.137 e. The molecule has 0 radical (unpaired) electrons. The Morgan fingerprint density at radius 2 is 2.04 bits per heavy atom. The van der Waals surface area contributed by atoms with Gasteiger partial charge in [0.1, 0.15) is 5.75 Å². The third kappa shape index (κ3) is 2.97. The van der Waals surface area contributed by atoms with Crippen LogP contribution in [0.1, 0.15) is 18.2 Å². The van der Waals surface area contributed by atoms with Crippen LogP contribution in [-0.4, -0.2) is 17.9 Å². The second-order valence-corrected chi connectivity index (χ2v) is 5.89. The van der Waals surface area contributed by atoms with Gasteiger partial charge in [-0.25, -0.2) is 0 Å². The number of aromatic nitrogens is 1. The van der Waals surface area contributed by atoms with Crippen LogP contribution in [0.5, 0.6) is 5.75 Å². The number of ether oxygens (including phenoxy) is 1. The van der Waals surface area contributed by atoms with E-state index in [1.807, 2.05) is 18.3 Å². The molecule has 5 heteroatoms. The Balaban J connectivity index is 1.89. The third-order valence-electron chi connectivity index (χ3n) is 4.14. The van der Waals surface area contributed by atoms with E-state index in [1.165, 1.54) is 16.6 Å². The van der Waals surface area contributed by atoms with Crippen molar-refractivity contribution < 1.29 is 4.74 Å². The Hall–Kier alpha value is -2.46. The van der Waals surface area contributed by atoms with E-state index in [0.29, 0.717) is 10.8 Å². The van der Waals surface area contributed by atoms with Gasteiger partial charge >= 0.3 is 0 Å². The monoisotopic (exact) mass is 341 g/mol. The van der Waals surface area contributed by atoms with E-state index in [0.717, 1.165) is 17.8 Å². The quantitative estimate of drug-likeness (QED) is 0.519. The Kier molecular flexibility index (Phi) is 4.76. The maximum absolute atomic E-state index is 6.13. The zero-order valence-electron chi connectivity index (χ0n) is 14.0. The van der Waals surface area contributed by atoms with Gasteiger partial charge in [-0.1, -0.05) is 29.8 Å². The molecule has 0 aliphatic rings. The molecule has 1 heterocycles. The first-order valence-corrected chi connectivity index (χ1v) is 8.24. The minimum Gasteiger partial charge on any atom is -0.495 e. The molecule has 0 aliphatic heterocycles. The van der Waals surface area contributed by atoms with Crippen LogP contribution in [-0.2, 0) is 6.54 Å². The molecule has 124 valence electrons. The van der Waals surface area contributed by atoms with Gasteiger partial charge in [0.15, 0.2) is 0 Å². The van der Waals surface area contributed by atoms with E-state index >= 15 is 0 Å². The van der Waals surface area contributed by atoms with Gasteiger partial charge in [-0.05, 0) is 38.1 Å². The zero-order chi connectivity index (χ0) is 17.1. The second kappa shape index (κ2) is 6.97. The minimum atomic E-state index is 0.552. The van der Waals surface area contributed by atoms with E-state index in [2.05, 4.69) is 53.2 Å². The lowest BCUT2D eigenvalue weighted by molar-refractivity contribution is 0.415. The summed E-state index contributed by atoms with van der Waals surface area (Å²) in [5.41, 5.74) is 7.40. The van der Waals surface area contributed by atoms with Gasteiger partial charge in [-0.15, -0.1) is 0 Å². The highest BCUT2D eigenvalue weighted by Gasteiger charge is 2.10. The van der Waals surface area contributed by atoms with Gasteiger partial charge in [-0.2, -0.15) is 5.10 Å². The molecule has 0 atom stereocenters. The van der Waals surface area contributed by atoms with E-state index in [4.69, 9.17) is 16.3 Å². The van der Waals surface area contributed by atoms with Gasteiger partial charge in [0.05, 0.1) is 24.0 Å². The molecule has 4 nitrogen and oxygen atoms in total. The number of hydrogen-bond acceptors (Lipinski definition) is 3. The summed E-state index contributed by atoms with van der Waals surface area (Å²) in [6.45, 7) is 5.20. The lowest BCUT2D eigenvalue weighted by atomic mass is 10.1. The van der Waals surface area contributed by atoms with E-state index in [9.17, 15) is 0 Å². The largest absolute Gasteiger partial charge is 0.495 e. The zero-order valence-corrected chi connectivity index (χ0v) is 14.8. The van der Waals surface area contributed by atoms with Crippen LogP contribution in [0, 0.1) is 6.92 Å². The molecule has 24 heavy (non-hydrogen) atoms. The normalized spacial score (nSPS) is 11.3. The Morgan fingerprint density at radius 3 is 2.75 bits per heavy atom. The molecule has 0 bridgehead atoms. The first kappa shape index (κ1) is 16.4. The Labute approximate surface area is 146 Å². The van der Waals surface area contributed by atoms with Crippen LogP contribution >= 0.6 is 11.6 Å².